The second-order valence-corrected chi connectivity index (χ2v) is 4.18. The molecular formula is C13H14ClN3. The van der Waals surface area contributed by atoms with Gasteiger partial charge in [0.15, 0.2) is 0 Å². The van der Waals surface area contributed by atoms with Crippen molar-refractivity contribution in [1.82, 2.24) is 4.98 Å². The van der Waals surface area contributed by atoms with Crippen molar-refractivity contribution in [3.05, 3.63) is 53.2 Å². The van der Waals surface area contributed by atoms with Crippen molar-refractivity contribution in [2.24, 2.45) is 0 Å². The number of rotatable bonds is 4. The molecule has 1 heterocycles. The Morgan fingerprint density at radius 2 is 1.94 bits per heavy atom. The van der Waals surface area contributed by atoms with Crippen LogP contribution in [0.1, 0.15) is 5.56 Å². The van der Waals surface area contributed by atoms with Crippen molar-refractivity contribution in [2.75, 3.05) is 17.6 Å². The van der Waals surface area contributed by atoms with E-state index in [1.807, 2.05) is 36.4 Å². The maximum absolute atomic E-state index is 5.82. The van der Waals surface area contributed by atoms with Crippen LogP contribution in [0.5, 0.6) is 0 Å². The Labute approximate surface area is 106 Å². The van der Waals surface area contributed by atoms with Gasteiger partial charge in [-0.1, -0.05) is 23.7 Å². The van der Waals surface area contributed by atoms with Crippen molar-refractivity contribution < 1.29 is 0 Å². The lowest BCUT2D eigenvalue weighted by Gasteiger charge is -2.08. The second kappa shape index (κ2) is 5.55. The lowest BCUT2D eigenvalue weighted by Crippen LogP contribution is -2.07. The molecule has 3 nitrogen and oxygen atoms in total. The van der Waals surface area contributed by atoms with Gasteiger partial charge in [0.25, 0.3) is 0 Å². The number of hydrogen-bond acceptors (Lipinski definition) is 3. The highest BCUT2D eigenvalue weighted by Crippen LogP contribution is 2.14. The molecule has 1 aromatic heterocycles. The first-order valence-corrected chi connectivity index (χ1v) is 5.82. The molecule has 3 N–H and O–H groups in total. The average molecular weight is 248 g/mol. The van der Waals surface area contributed by atoms with Gasteiger partial charge in [0.05, 0.1) is 5.69 Å². The first-order chi connectivity index (χ1) is 8.25. The standard InChI is InChI=1S/C13H14ClN3/c14-11-5-3-10(4-6-11)7-9-16-12-2-1-8-17-13(12)15/h1-6,8,16H,7,9H2,(H2,15,17). The maximum Gasteiger partial charge on any atom is 0.146 e. The van der Waals surface area contributed by atoms with Crippen molar-refractivity contribution in [3.8, 4) is 0 Å². The molecule has 17 heavy (non-hydrogen) atoms. The monoisotopic (exact) mass is 247 g/mol. The second-order valence-electron chi connectivity index (χ2n) is 3.74. The SMILES string of the molecule is Nc1ncccc1NCCc1ccc(Cl)cc1. The van der Waals surface area contributed by atoms with Gasteiger partial charge in [-0.25, -0.2) is 4.98 Å². The molecule has 4 heteroatoms. The highest BCUT2D eigenvalue weighted by molar-refractivity contribution is 6.30. The minimum absolute atomic E-state index is 0.531. The Balaban J connectivity index is 1.88. The number of nitrogens with one attached hydrogen (secondary N) is 1. The number of benzene rings is 1. The molecule has 0 aliphatic carbocycles. The van der Waals surface area contributed by atoms with Crippen LogP contribution in [0.3, 0.4) is 0 Å². The van der Waals surface area contributed by atoms with E-state index in [2.05, 4.69) is 10.3 Å². The Morgan fingerprint density at radius 3 is 2.65 bits per heavy atom. The van der Waals surface area contributed by atoms with E-state index < -0.39 is 0 Å². The first-order valence-electron chi connectivity index (χ1n) is 5.44. The zero-order valence-electron chi connectivity index (χ0n) is 9.36. The van der Waals surface area contributed by atoms with Crippen LogP contribution in [0.2, 0.25) is 5.02 Å². The van der Waals surface area contributed by atoms with E-state index in [4.69, 9.17) is 17.3 Å². The molecule has 1 aromatic carbocycles. The van der Waals surface area contributed by atoms with E-state index in [0.717, 1.165) is 23.7 Å². The lowest BCUT2D eigenvalue weighted by molar-refractivity contribution is 1.02. The first kappa shape index (κ1) is 11.7. The molecule has 0 saturated carbocycles. The largest absolute Gasteiger partial charge is 0.382 e. The number of nitrogens with zero attached hydrogens (tertiary/aromatic N) is 1. The Bertz CT molecular complexity index is 482. The summed E-state index contributed by atoms with van der Waals surface area (Å²) in [6.45, 7) is 0.817. The van der Waals surface area contributed by atoms with Gasteiger partial charge in [-0.3, -0.25) is 0 Å². The summed E-state index contributed by atoms with van der Waals surface area (Å²) in [4.78, 5) is 4.01. The zero-order chi connectivity index (χ0) is 12.1. The van der Waals surface area contributed by atoms with Gasteiger partial charge in [-0.15, -0.1) is 0 Å². The third-order valence-corrected chi connectivity index (χ3v) is 2.73. The van der Waals surface area contributed by atoms with Crippen LogP contribution in [0.15, 0.2) is 42.6 Å². The minimum Gasteiger partial charge on any atom is -0.382 e. The van der Waals surface area contributed by atoms with Crippen LogP contribution >= 0.6 is 11.6 Å². The van der Waals surface area contributed by atoms with Gasteiger partial charge in [0.2, 0.25) is 0 Å². The molecule has 0 unspecified atom stereocenters. The molecule has 0 spiro atoms. The topological polar surface area (TPSA) is 50.9 Å². The molecule has 2 rings (SSSR count). The number of nitrogen functional groups attached to an aromatic ring is 1. The van der Waals surface area contributed by atoms with E-state index in [-0.39, 0.29) is 0 Å². The molecule has 0 atom stereocenters. The molecule has 0 aliphatic rings. The van der Waals surface area contributed by atoms with E-state index >= 15 is 0 Å². The van der Waals surface area contributed by atoms with E-state index in [1.54, 1.807) is 6.20 Å². The molecule has 0 amide bonds. The fourth-order valence-electron chi connectivity index (χ4n) is 1.56. The predicted octanol–water partition coefficient (Wildman–Crippen LogP) is 2.97. The number of aromatic nitrogens is 1. The Kier molecular flexibility index (Phi) is 3.83. The molecule has 88 valence electrons. The summed E-state index contributed by atoms with van der Waals surface area (Å²) in [5.41, 5.74) is 7.85. The molecule has 0 aliphatic heterocycles. The highest BCUT2D eigenvalue weighted by atomic mass is 35.5. The van der Waals surface area contributed by atoms with Crippen molar-refractivity contribution >= 4 is 23.1 Å². The number of nitrogens with two attached hydrogens (primary N) is 1. The van der Waals surface area contributed by atoms with Gasteiger partial charge in [0.1, 0.15) is 5.82 Å². The molecule has 0 radical (unpaired) electrons. The zero-order valence-corrected chi connectivity index (χ0v) is 10.1. The van der Waals surface area contributed by atoms with Crippen LogP contribution in [-0.2, 0) is 6.42 Å². The molecule has 0 fully saturated rings. The third-order valence-electron chi connectivity index (χ3n) is 2.48. The van der Waals surface area contributed by atoms with Crippen LogP contribution in [0.25, 0.3) is 0 Å². The summed E-state index contributed by atoms with van der Waals surface area (Å²) in [6, 6.07) is 11.6. The quantitative estimate of drug-likeness (QED) is 0.873. The molecule has 0 bridgehead atoms. The fourth-order valence-corrected chi connectivity index (χ4v) is 1.69. The van der Waals surface area contributed by atoms with Crippen molar-refractivity contribution in [3.63, 3.8) is 0 Å². The number of hydrogen-bond donors (Lipinski definition) is 2. The number of pyridine rings is 1. The van der Waals surface area contributed by atoms with Gasteiger partial charge in [0, 0.05) is 17.8 Å². The van der Waals surface area contributed by atoms with Crippen LogP contribution < -0.4 is 11.1 Å². The van der Waals surface area contributed by atoms with Crippen LogP contribution in [0, 0.1) is 0 Å². The van der Waals surface area contributed by atoms with Crippen LogP contribution in [-0.4, -0.2) is 11.5 Å². The Hall–Kier alpha value is -1.74. The fraction of sp³-hybridized carbons (Fsp3) is 0.154. The number of anilines is 2. The van der Waals surface area contributed by atoms with Gasteiger partial charge in [-0.2, -0.15) is 0 Å². The normalized spacial score (nSPS) is 10.2. The summed E-state index contributed by atoms with van der Waals surface area (Å²) >= 11 is 5.82. The minimum atomic E-state index is 0.531. The maximum atomic E-state index is 5.82. The number of halogens is 1. The van der Waals surface area contributed by atoms with Crippen LogP contribution in [0.4, 0.5) is 11.5 Å². The third kappa shape index (κ3) is 3.36. The predicted molar refractivity (Wildman–Crippen MR) is 72.3 cm³/mol. The van der Waals surface area contributed by atoms with Crippen molar-refractivity contribution in [1.29, 1.82) is 0 Å². The van der Waals surface area contributed by atoms with E-state index in [0.29, 0.717) is 5.82 Å². The lowest BCUT2D eigenvalue weighted by atomic mass is 10.1. The molecule has 0 saturated heterocycles. The summed E-state index contributed by atoms with van der Waals surface area (Å²) in [6.07, 6.45) is 2.60. The smallest absolute Gasteiger partial charge is 0.146 e. The van der Waals surface area contributed by atoms with Gasteiger partial charge >= 0.3 is 0 Å². The Morgan fingerprint density at radius 1 is 1.18 bits per heavy atom. The van der Waals surface area contributed by atoms with Gasteiger partial charge < -0.3 is 11.1 Å². The highest BCUT2D eigenvalue weighted by Gasteiger charge is 1.98. The molecular weight excluding hydrogens is 234 g/mol. The summed E-state index contributed by atoms with van der Waals surface area (Å²) < 4.78 is 0. The average Bonchev–Trinajstić information content (AvgIpc) is 2.34. The summed E-state index contributed by atoms with van der Waals surface area (Å²) in [7, 11) is 0. The van der Waals surface area contributed by atoms with E-state index in [1.165, 1.54) is 5.56 Å². The molecule has 2 aromatic rings. The summed E-state index contributed by atoms with van der Waals surface area (Å²) in [5.74, 6) is 0.531. The van der Waals surface area contributed by atoms with E-state index in [9.17, 15) is 0 Å². The summed E-state index contributed by atoms with van der Waals surface area (Å²) in [5, 5.41) is 4.02. The van der Waals surface area contributed by atoms with Gasteiger partial charge in [-0.05, 0) is 36.2 Å². The van der Waals surface area contributed by atoms with Crippen molar-refractivity contribution in [2.45, 2.75) is 6.42 Å².